The molecule has 2 aromatic carbocycles. The SMILES string of the molecule is Fc1ccccc1[I+]c1ccccc1F.O=S(=O)([O-])C1CCCCC1. The highest BCUT2D eigenvalue weighted by molar-refractivity contribution is 7.86. The summed E-state index contributed by atoms with van der Waals surface area (Å²) < 4.78 is 59.2. The first-order chi connectivity index (χ1) is 11.9. The van der Waals surface area contributed by atoms with Crippen molar-refractivity contribution in [3.05, 3.63) is 67.3 Å². The fraction of sp³-hybridized carbons (Fsp3) is 0.333. The topological polar surface area (TPSA) is 57.2 Å². The molecule has 0 N–H and O–H groups in total. The van der Waals surface area contributed by atoms with Crippen molar-refractivity contribution < 1.29 is 43.0 Å². The van der Waals surface area contributed by atoms with Crippen LogP contribution in [0.1, 0.15) is 32.1 Å². The van der Waals surface area contributed by atoms with Crippen LogP contribution in [-0.4, -0.2) is 18.2 Å². The van der Waals surface area contributed by atoms with E-state index in [4.69, 9.17) is 0 Å². The van der Waals surface area contributed by atoms with E-state index >= 15 is 0 Å². The Morgan fingerprint density at radius 1 is 0.840 bits per heavy atom. The maximum absolute atomic E-state index is 13.3. The van der Waals surface area contributed by atoms with Gasteiger partial charge in [0.2, 0.25) is 7.14 Å². The van der Waals surface area contributed by atoms with Gasteiger partial charge in [0.25, 0.3) is 0 Å². The van der Waals surface area contributed by atoms with Gasteiger partial charge in [-0.05, 0) is 37.1 Å². The van der Waals surface area contributed by atoms with Gasteiger partial charge in [0.05, 0.1) is 10.1 Å². The van der Waals surface area contributed by atoms with Crippen molar-refractivity contribution in [2.75, 3.05) is 0 Å². The van der Waals surface area contributed by atoms with Gasteiger partial charge in [-0.15, -0.1) is 0 Å². The van der Waals surface area contributed by atoms with Crippen molar-refractivity contribution in [3.63, 3.8) is 0 Å². The largest absolute Gasteiger partial charge is 0.748 e. The molecule has 0 heterocycles. The zero-order valence-corrected chi connectivity index (χ0v) is 16.5. The molecule has 136 valence electrons. The van der Waals surface area contributed by atoms with E-state index in [1.54, 1.807) is 36.4 Å². The van der Waals surface area contributed by atoms with E-state index in [2.05, 4.69) is 0 Å². The lowest BCUT2D eigenvalue weighted by Crippen LogP contribution is -3.62. The molecule has 0 amide bonds. The summed E-state index contributed by atoms with van der Waals surface area (Å²) in [6.45, 7) is 0. The van der Waals surface area contributed by atoms with E-state index in [1.165, 1.54) is 12.1 Å². The quantitative estimate of drug-likeness (QED) is 0.486. The highest BCUT2D eigenvalue weighted by atomic mass is 127. The molecule has 3 nitrogen and oxygen atoms in total. The van der Waals surface area contributed by atoms with E-state index in [-0.39, 0.29) is 11.6 Å². The van der Waals surface area contributed by atoms with Crippen LogP contribution in [0.25, 0.3) is 0 Å². The third-order valence-electron chi connectivity index (χ3n) is 3.81. The number of rotatable bonds is 3. The van der Waals surface area contributed by atoms with E-state index in [1.807, 2.05) is 0 Å². The van der Waals surface area contributed by atoms with E-state index in [0.717, 1.165) is 19.3 Å². The summed E-state index contributed by atoms with van der Waals surface area (Å²) in [5, 5.41) is -0.582. The van der Waals surface area contributed by atoms with Crippen LogP contribution in [0.3, 0.4) is 0 Å². The van der Waals surface area contributed by atoms with E-state index < -0.39 is 36.6 Å². The Morgan fingerprint density at radius 3 is 1.64 bits per heavy atom. The first-order valence-corrected chi connectivity index (χ1v) is 11.6. The van der Waals surface area contributed by atoms with Gasteiger partial charge in [-0.3, -0.25) is 0 Å². The molecule has 1 aliphatic rings. The molecule has 2 aromatic rings. The Labute approximate surface area is 157 Å². The summed E-state index contributed by atoms with van der Waals surface area (Å²) in [5.74, 6) is -0.484. The Hall–Kier alpha value is -1.06. The highest BCUT2D eigenvalue weighted by Crippen LogP contribution is 2.22. The monoisotopic (exact) mass is 480 g/mol. The van der Waals surface area contributed by atoms with Crippen LogP contribution in [0.4, 0.5) is 8.78 Å². The summed E-state index contributed by atoms with van der Waals surface area (Å²) in [6, 6.07) is 13.1. The lowest BCUT2D eigenvalue weighted by atomic mass is 10.0. The van der Waals surface area contributed by atoms with Crippen LogP contribution >= 0.6 is 0 Å². The minimum absolute atomic E-state index is 0.242. The number of hydrogen-bond donors (Lipinski definition) is 0. The van der Waals surface area contributed by atoms with Crippen molar-refractivity contribution >= 4 is 10.1 Å². The lowest BCUT2D eigenvalue weighted by molar-refractivity contribution is -0.603. The smallest absolute Gasteiger partial charge is 0.364 e. The zero-order valence-electron chi connectivity index (χ0n) is 13.5. The molecule has 1 fully saturated rings. The van der Waals surface area contributed by atoms with Crippen molar-refractivity contribution in [1.82, 2.24) is 0 Å². The Morgan fingerprint density at radius 2 is 1.28 bits per heavy atom. The molecule has 25 heavy (non-hydrogen) atoms. The molecule has 0 saturated heterocycles. The molecule has 0 aliphatic heterocycles. The van der Waals surface area contributed by atoms with Crippen LogP contribution < -0.4 is 21.2 Å². The van der Waals surface area contributed by atoms with Gasteiger partial charge in [0, 0.05) is 5.25 Å². The van der Waals surface area contributed by atoms with Crippen LogP contribution in [0.15, 0.2) is 48.5 Å². The standard InChI is InChI=1S/C12H8F2I.C6H12O3S/c13-9-5-1-3-7-11(9)15-12-8-4-2-6-10(12)14;7-10(8,9)6-4-2-1-3-5-6/h1-8H;6H,1-5H2,(H,7,8,9)/q+1;/p-1. The van der Waals surface area contributed by atoms with Crippen molar-refractivity contribution in [1.29, 1.82) is 0 Å². The first kappa shape index (κ1) is 20.3. The highest BCUT2D eigenvalue weighted by Gasteiger charge is 2.23. The fourth-order valence-electron chi connectivity index (χ4n) is 2.50. The maximum atomic E-state index is 13.3. The molecule has 7 heteroatoms. The predicted molar refractivity (Wildman–Crippen MR) is 86.8 cm³/mol. The van der Waals surface area contributed by atoms with E-state index in [0.29, 0.717) is 20.0 Å². The summed E-state index contributed by atoms with van der Waals surface area (Å²) in [6.07, 6.45) is 4.02. The molecule has 0 bridgehead atoms. The zero-order chi connectivity index (χ0) is 18.3. The molecular formula is C18H19F2IO3S. The minimum Gasteiger partial charge on any atom is -0.748 e. The maximum Gasteiger partial charge on any atom is 0.364 e. The predicted octanol–water partition coefficient (Wildman–Crippen LogP) is 0.957. The van der Waals surface area contributed by atoms with Crippen molar-refractivity contribution in [2.45, 2.75) is 37.4 Å². The second-order valence-electron chi connectivity index (χ2n) is 5.68. The Balaban J connectivity index is 0.000000196. The lowest BCUT2D eigenvalue weighted by Gasteiger charge is -2.23. The Kier molecular flexibility index (Phi) is 7.77. The van der Waals surface area contributed by atoms with Crippen LogP contribution in [0, 0.1) is 18.8 Å². The van der Waals surface area contributed by atoms with E-state index in [9.17, 15) is 21.8 Å². The fourth-order valence-corrected chi connectivity index (χ4v) is 5.68. The number of hydrogen-bond acceptors (Lipinski definition) is 3. The molecule has 0 unspecified atom stereocenters. The molecule has 0 aromatic heterocycles. The van der Waals surface area contributed by atoms with Gasteiger partial charge < -0.3 is 4.55 Å². The molecule has 1 saturated carbocycles. The van der Waals surface area contributed by atoms with Crippen LogP contribution in [0.5, 0.6) is 0 Å². The second-order valence-corrected chi connectivity index (χ2v) is 10.2. The first-order valence-electron chi connectivity index (χ1n) is 7.96. The van der Waals surface area contributed by atoms with Gasteiger partial charge in [-0.1, -0.05) is 43.5 Å². The summed E-state index contributed by atoms with van der Waals surface area (Å²) in [4.78, 5) is 0. The van der Waals surface area contributed by atoms with Crippen molar-refractivity contribution in [3.8, 4) is 0 Å². The molecule has 0 atom stereocenters. The van der Waals surface area contributed by atoms with Gasteiger partial charge in [-0.25, -0.2) is 17.2 Å². The second kappa shape index (κ2) is 9.59. The van der Waals surface area contributed by atoms with Crippen LogP contribution in [-0.2, 0) is 10.1 Å². The third-order valence-corrected chi connectivity index (χ3v) is 8.01. The molecular weight excluding hydrogens is 461 g/mol. The Bertz CT molecular complexity index is 747. The van der Waals surface area contributed by atoms with Crippen LogP contribution in [0.2, 0.25) is 0 Å². The average Bonchev–Trinajstić information content (AvgIpc) is 2.59. The van der Waals surface area contributed by atoms with Gasteiger partial charge >= 0.3 is 21.2 Å². The average molecular weight is 480 g/mol. The summed E-state index contributed by atoms with van der Waals surface area (Å²) in [5.41, 5.74) is 0. The number of benzene rings is 2. The third kappa shape index (κ3) is 6.63. The number of halogens is 3. The van der Waals surface area contributed by atoms with Crippen molar-refractivity contribution in [2.24, 2.45) is 0 Å². The summed E-state index contributed by atoms with van der Waals surface area (Å²) in [7, 11) is -3.98. The molecule has 0 radical (unpaired) electrons. The van der Waals surface area contributed by atoms with Gasteiger partial charge in [0.1, 0.15) is 0 Å². The van der Waals surface area contributed by atoms with Gasteiger partial charge in [-0.2, -0.15) is 0 Å². The van der Waals surface area contributed by atoms with Gasteiger partial charge in [0.15, 0.2) is 11.6 Å². The summed E-state index contributed by atoms with van der Waals surface area (Å²) >= 11 is -0.765. The minimum atomic E-state index is -3.98. The molecule has 1 aliphatic carbocycles. The normalized spacial score (nSPS) is 15.3. The molecule has 3 rings (SSSR count). The molecule has 0 spiro atoms.